The third-order valence-corrected chi connectivity index (χ3v) is 4.04. The quantitative estimate of drug-likeness (QED) is 0.484. The average Bonchev–Trinajstić information content (AvgIpc) is 2.50. The van der Waals surface area contributed by atoms with E-state index in [9.17, 15) is 4.39 Å². The SMILES string of the molecule is C=CC(=C)C(=Nc1cc(F)c(C)cc1C)N1CCN(C)CC1. The molecule has 4 heteroatoms. The monoisotopic (exact) mass is 301 g/mol. The molecular weight excluding hydrogens is 277 g/mol. The van der Waals surface area contributed by atoms with Gasteiger partial charge in [-0.2, -0.15) is 0 Å². The molecule has 3 nitrogen and oxygen atoms in total. The number of likely N-dealkylation sites (N-methyl/N-ethyl adjacent to an activating group) is 1. The summed E-state index contributed by atoms with van der Waals surface area (Å²) in [6.45, 7) is 15.3. The Hall–Kier alpha value is -1.94. The van der Waals surface area contributed by atoms with Gasteiger partial charge < -0.3 is 9.80 Å². The van der Waals surface area contributed by atoms with E-state index in [2.05, 4.69) is 30.0 Å². The van der Waals surface area contributed by atoms with Crippen molar-refractivity contribution >= 4 is 11.5 Å². The summed E-state index contributed by atoms with van der Waals surface area (Å²) < 4.78 is 13.9. The Labute approximate surface area is 132 Å². The highest BCUT2D eigenvalue weighted by Gasteiger charge is 2.19. The van der Waals surface area contributed by atoms with Crippen LogP contribution in [0, 0.1) is 19.7 Å². The lowest BCUT2D eigenvalue weighted by Gasteiger charge is -2.35. The molecule has 0 aromatic heterocycles. The number of halogens is 1. The maximum Gasteiger partial charge on any atom is 0.136 e. The number of nitrogens with zero attached hydrogens (tertiary/aromatic N) is 3. The van der Waals surface area contributed by atoms with Crippen LogP contribution < -0.4 is 0 Å². The molecular formula is C18H24FN3. The molecule has 0 N–H and O–H groups in total. The summed E-state index contributed by atoms with van der Waals surface area (Å²) in [7, 11) is 2.11. The Morgan fingerprint density at radius 1 is 1.18 bits per heavy atom. The largest absolute Gasteiger partial charge is 0.354 e. The maximum absolute atomic E-state index is 13.9. The summed E-state index contributed by atoms with van der Waals surface area (Å²) in [6.07, 6.45) is 1.71. The number of amidine groups is 1. The summed E-state index contributed by atoms with van der Waals surface area (Å²) in [5.41, 5.74) is 3.02. The summed E-state index contributed by atoms with van der Waals surface area (Å²) in [4.78, 5) is 9.17. The minimum absolute atomic E-state index is 0.230. The van der Waals surface area contributed by atoms with Crippen molar-refractivity contribution in [1.82, 2.24) is 9.80 Å². The second-order valence-electron chi connectivity index (χ2n) is 5.84. The average molecular weight is 301 g/mol. The topological polar surface area (TPSA) is 18.8 Å². The second kappa shape index (κ2) is 6.88. The van der Waals surface area contributed by atoms with Gasteiger partial charge >= 0.3 is 0 Å². The van der Waals surface area contributed by atoms with Gasteiger partial charge in [-0.1, -0.05) is 25.3 Å². The Balaban J connectivity index is 2.39. The first-order chi connectivity index (χ1) is 10.4. The number of hydrogen-bond donors (Lipinski definition) is 0. The summed E-state index contributed by atoms with van der Waals surface area (Å²) in [6, 6.07) is 3.32. The van der Waals surface area contributed by atoms with E-state index < -0.39 is 0 Å². The van der Waals surface area contributed by atoms with Gasteiger partial charge in [0.15, 0.2) is 0 Å². The van der Waals surface area contributed by atoms with Crippen LogP contribution >= 0.6 is 0 Å². The number of aryl methyl sites for hydroxylation is 2. The van der Waals surface area contributed by atoms with Crippen LogP contribution in [0.4, 0.5) is 10.1 Å². The molecule has 1 aromatic rings. The van der Waals surface area contributed by atoms with Gasteiger partial charge in [0.2, 0.25) is 0 Å². The molecule has 1 fully saturated rings. The summed E-state index contributed by atoms with van der Waals surface area (Å²) >= 11 is 0. The number of rotatable bonds is 3. The summed E-state index contributed by atoms with van der Waals surface area (Å²) in [5, 5.41) is 0. The normalized spacial score (nSPS) is 16.7. The van der Waals surface area contributed by atoms with E-state index in [1.165, 1.54) is 6.07 Å². The first kappa shape index (κ1) is 16.4. The van der Waals surface area contributed by atoms with Gasteiger partial charge in [-0.05, 0) is 32.0 Å². The van der Waals surface area contributed by atoms with Crippen LogP contribution in [0.1, 0.15) is 11.1 Å². The Bertz CT molecular complexity index is 611. The summed E-state index contributed by atoms with van der Waals surface area (Å²) in [5.74, 6) is 0.556. The first-order valence-corrected chi connectivity index (χ1v) is 7.53. The van der Waals surface area contributed by atoms with Crippen molar-refractivity contribution in [3.63, 3.8) is 0 Å². The molecule has 1 aromatic carbocycles. The highest BCUT2D eigenvalue weighted by atomic mass is 19.1. The Morgan fingerprint density at radius 3 is 2.41 bits per heavy atom. The minimum atomic E-state index is -0.230. The van der Waals surface area contributed by atoms with Gasteiger partial charge in [0.25, 0.3) is 0 Å². The zero-order chi connectivity index (χ0) is 16.3. The molecule has 1 heterocycles. The molecule has 1 aliphatic heterocycles. The zero-order valence-electron chi connectivity index (χ0n) is 13.7. The van der Waals surface area contributed by atoms with Crippen LogP contribution in [-0.4, -0.2) is 48.9 Å². The minimum Gasteiger partial charge on any atom is -0.354 e. The second-order valence-corrected chi connectivity index (χ2v) is 5.84. The van der Waals surface area contributed by atoms with E-state index in [4.69, 9.17) is 4.99 Å². The molecule has 2 rings (SSSR count). The van der Waals surface area contributed by atoms with Crippen molar-refractivity contribution in [2.45, 2.75) is 13.8 Å². The molecule has 0 aliphatic carbocycles. The van der Waals surface area contributed by atoms with E-state index in [0.717, 1.165) is 43.2 Å². The standard InChI is InChI=1S/C18H24FN3/c1-6-13(2)18(22-9-7-21(5)8-10-22)20-17-12-16(19)14(3)11-15(17)4/h6,11-12H,1-2,7-10H2,3-5H3. The lowest BCUT2D eigenvalue weighted by atomic mass is 10.1. The molecule has 0 atom stereocenters. The predicted molar refractivity (Wildman–Crippen MR) is 91.4 cm³/mol. The van der Waals surface area contributed by atoms with Gasteiger partial charge in [-0.15, -0.1) is 0 Å². The van der Waals surface area contributed by atoms with Crippen molar-refractivity contribution < 1.29 is 4.39 Å². The molecule has 0 unspecified atom stereocenters. The van der Waals surface area contributed by atoms with Crippen molar-refractivity contribution in [2.75, 3.05) is 33.2 Å². The van der Waals surface area contributed by atoms with Crippen LogP contribution in [0.5, 0.6) is 0 Å². The first-order valence-electron chi connectivity index (χ1n) is 7.53. The van der Waals surface area contributed by atoms with E-state index >= 15 is 0 Å². The molecule has 1 aliphatic rings. The molecule has 0 amide bonds. The molecule has 1 saturated heterocycles. The van der Waals surface area contributed by atoms with Crippen molar-refractivity contribution in [3.8, 4) is 0 Å². The Morgan fingerprint density at radius 2 is 1.82 bits per heavy atom. The van der Waals surface area contributed by atoms with Crippen LogP contribution in [-0.2, 0) is 0 Å². The third kappa shape index (κ3) is 3.63. The van der Waals surface area contributed by atoms with Gasteiger partial charge in [0, 0.05) is 37.8 Å². The number of piperazine rings is 1. The number of aliphatic imine (C=N–C) groups is 1. The van der Waals surface area contributed by atoms with Crippen LogP contribution in [0.15, 0.2) is 41.9 Å². The fraction of sp³-hybridized carbons (Fsp3) is 0.389. The molecule has 0 saturated carbocycles. The van der Waals surface area contributed by atoms with E-state index in [0.29, 0.717) is 11.3 Å². The number of benzene rings is 1. The van der Waals surface area contributed by atoms with Gasteiger partial charge in [0.05, 0.1) is 5.69 Å². The van der Waals surface area contributed by atoms with Gasteiger partial charge in [-0.3, -0.25) is 0 Å². The Kier molecular flexibility index (Phi) is 5.14. The zero-order valence-corrected chi connectivity index (χ0v) is 13.7. The lowest BCUT2D eigenvalue weighted by Crippen LogP contribution is -2.47. The molecule has 0 spiro atoms. The molecule has 22 heavy (non-hydrogen) atoms. The van der Waals surface area contributed by atoms with Crippen molar-refractivity contribution in [3.05, 3.63) is 53.9 Å². The van der Waals surface area contributed by atoms with E-state index in [1.54, 1.807) is 13.0 Å². The number of hydrogen-bond acceptors (Lipinski definition) is 2. The van der Waals surface area contributed by atoms with Gasteiger partial charge in [0.1, 0.15) is 11.7 Å². The van der Waals surface area contributed by atoms with Crippen LogP contribution in [0.2, 0.25) is 0 Å². The van der Waals surface area contributed by atoms with Crippen molar-refractivity contribution in [2.24, 2.45) is 4.99 Å². The highest BCUT2D eigenvalue weighted by Crippen LogP contribution is 2.24. The predicted octanol–water partition coefficient (Wildman–Crippen LogP) is 3.46. The van der Waals surface area contributed by atoms with E-state index in [1.807, 2.05) is 13.0 Å². The van der Waals surface area contributed by atoms with Crippen LogP contribution in [0.3, 0.4) is 0 Å². The molecule has 118 valence electrons. The maximum atomic E-state index is 13.9. The molecule has 0 bridgehead atoms. The van der Waals surface area contributed by atoms with Crippen molar-refractivity contribution in [1.29, 1.82) is 0 Å². The van der Waals surface area contributed by atoms with E-state index in [-0.39, 0.29) is 5.82 Å². The fourth-order valence-corrected chi connectivity index (χ4v) is 2.51. The fourth-order valence-electron chi connectivity index (χ4n) is 2.51. The smallest absolute Gasteiger partial charge is 0.136 e. The third-order valence-electron chi connectivity index (χ3n) is 4.04. The van der Waals surface area contributed by atoms with Gasteiger partial charge in [-0.25, -0.2) is 9.38 Å². The lowest BCUT2D eigenvalue weighted by molar-refractivity contribution is 0.216. The molecule has 0 radical (unpaired) electrons. The van der Waals surface area contributed by atoms with Crippen LogP contribution in [0.25, 0.3) is 0 Å². The highest BCUT2D eigenvalue weighted by molar-refractivity contribution is 6.01.